The Hall–Kier alpha value is -0.0300. The lowest BCUT2D eigenvalue weighted by atomic mass is 10.1. The van der Waals surface area contributed by atoms with E-state index in [2.05, 4.69) is 6.92 Å². The van der Waals surface area contributed by atoms with Crippen molar-refractivity contribution in [1.29, 1.82) is 0 Å². The molecule has 1 rings (SSSR count). The van der Waals surface area contributed by atoms with Crippen molar-refractivity contribution in [3.05, 3.63) is 35.9 Å². The van der Waals surface area contributed by atoms with Gasteiger partial charge in [0.05, 0.1) is 18.5 Å². The Morgan fingerprint density at radius 3 is 2.54 bits per heavy atom. The Labute approximate surface area is 170 Å². The van der Waals surface area contributed by atoms with Gasteiger partial charge in [-0.3, -0.25) is 9.36 Å². The van der Waals surface area contributed by atoms with Crippen LogP contribution in [0, 0.1) is 0 Å². The van der Waals surface area contributed by atoms with Gasteiger partial charge in [-0.1, -0.05) is 68.3 Å². The molecule has 8 heteroatoms. The van der Waals surface area contributed by atoms with Crippen LogP contribution in [0.15, 0.2) is 30.3 Å². The van der Waals surface area contributed by atoms with Crippen LogP contribution in [0.25, 0.3) is 0 Å². The summed E-state index contributed by atoms with van der Waals surface area (Å²) in [6.45, 7) is 3.14. The van der Waals surface area contributed by atoms with Gasteiger partial charge >= 0.3 is 6.07 Å². The number of thioether (sulfide) groups is 1. The van der Waals surface area contributed by atoms with Gasteiger partial charge < -0.3 is 9.26 Å². The Morgan fingerprint density at radius 1 is 1.15 bits per heavy atom. The fraction of sp³-hybridized carbons (Fsp3) is 0.611. The zero-order valence-electron chi connectivity index (χ0n) is 15.1. The second-order valence-corrected chi connectivity index (χ2v) is 11.6. The molecular weight excluding hydrogens is 414 g/mol. The van der Waals surface area contributed by atoms with E-state index in [1.807, 2.05) is 30.3 Å². The molecule has 148 valence electrons. The zero-order chi connectivity index (χ0) is 19.3. The number of benzene rings is 1. The van der Waals surface area contributed by atoms with Crippen LogP contribution < -0.4 is 0 Å². The summed E-state index contributed by atoms with van der Waals surface area (Å²) in [5.41, 5.74) is 1.12. The van der Waals surface area contributed by atoms with Crippen molar-refractivity contribution in [2.45, 2.75) is 50.7 Å². The van der Waals surface area contributed by atoms with Crippen molar-refractivity contribution in [3.8, 4) is 0 Å². The molecule has 0 fully saturated rings. The largest absolute Gasteiger partial charge is 0.380 e. The molecule has 1 aromatic carbocycles. The number of carbonyl (C=O) groups excluding carboxylic acids is 1. The van der Waals surface area contributed by atoms with E-state index in [1.165, 1.54) is 12.8 Å². The Balaban J connectivity index is 2.38. The molecule has 1 aromatic rings. The normalized spacial score (nSPS) is 12.9. The van der Waals surface area contributed by atoms with Crippen LogP contribution in [0.1, 0.15) is 44.6 Å². The molecule has 4 nitrogen and oxygen atoms in total. The van der Waals surface area contributed by atoms with E-state index in [4.69, 9.17) is 31.7 Å². The minimum absolute atomic E-state index is 0.0149. The monoisotopic (exact) mass is 440 g/mol. The summed E-state index contributed by atoms with van der Waals surface area (Å²) in [5, 5.41) is -0.244. The number of carbonyl (C=O) groups is 1. The third-order valence-electron chi connectivity index (χ3n) is 3.62. The first-order chi connectivity index (χ1) is 12.4. The van der Waals surface area contributed by atoms with Crippen LogP contribution in [0.4, 0.5) is 0 Å². The fourth-order valence-corrected chi connectivity index (χ4v) is 3.95. The van der Waals surface area contributed by atoms with Crippen LogP contribution in [-0.4, -0.2) is 30.2 Å². The van der Waals surface area contributed by atoms with E-state index in [1.54, 1.807) is 0 Å². The molecule has 0 bridgehead atoms. The summed E-state index contributed by atoms with van der Waals surface area (Å²) in [6, 6.07) is 9.84. The molecule has 1 atom stereocenters. The number of hydrogen-bond acceptors (Lipinski definition) is 5. The van der Waals surface area contributed by atoms with Gasteiger partial charge in [0, 0.05) is 13.0 Å². The second kappa shape index (κ2) is 14.0. The molecule has 0 aromatic heterocycles. The van der Waals surface area contributed by atoms with Gasteiger partial charge in [0.25, 0.3) is 0 Å². The number of aryl methyl sites for hydroxylation is 1. The average Bonchev–Trinajstić information content (AvgIpc) is 2.61. The first-order valence-electron chi connectivity index (χ1n) is 8.85. The molecule has 0 N–H and O–H groups in total. The third kappa shape index (κ3) is 13.2. The van der Waals surface area contributed by atoms with Crippen LogP contribution in [0.5, 0.6) is 0 Å². The van der Waals surface area contributed by atoms with Gasteiger partial charge in [0.15, 0.2) is 5.12 Å². The van der Waals surface area contributed by atoms with Gasteiger partial charge in [-0.2, -0.15) is 0 Å². The van der Waals surface area contributed by atoms with Gasteiger partial charge in [-0.05, 0) is 40.9 Å². The highest BCUT2D eigenvalue weighted by Gasteiger charge is 2.21. The maximum atomic E-state index is 12.2. The maximum absolute atomic E-state index is 12.2. The molecule has 0 spiro atoms. The summed E-state index contributed by atoms with van der Waals surface area (Å²) < 4.78 is 22.0. The number of ether oxygens (including phenoxy) is 1. The zero-order valence-corrected chi connectivity index (χ0v) is 18.3. The molecule has 0 amide bonds. The predicted octanol–water partition coefficient (Wildman–Crippen LogP) is 6.45. The summed E-state index contributed by atoms with van der Waals surface area (Å²) in [5.74, 6) is 0. The van der Waals surface area contributed by atoms with Crippen LogP contribution in [0.3, 0.4) is 0 Å². The number of rotatable bonds is 14. The van der Waals surface area contributed by atoms with Crippen LogP contribution in [0.2, 0.25) is 0 Å². The molecule has 26 heavy (non-hydrogen) atoms. The van der Waals surface area contributed by atoms with Crippen molar-refractivity contribution in [3.63, 3.8) is 0 Å². The Bertz CT molecular complexity index is 553. The van der Waals surface area contributed by atoms with Gasteiger partial charge in [0.2, 0.25) is 0 Å². The van der Waals surface area contributed by atoms with E-state index in [-0.39, 0.29) is 17.0 Å². The summed E-state index contributed by atoms with van der Waals surface area (Å²) in [7, 11) is 0. The minimum Gasteiger partial charge on any atom is -0.380 e. The standard InChI is InChI=1S/C18H27Cl2O4PS/c1-2-3-4-8-13-23-14-17(15-24-25(19,20)22)26-18(21)12-11-16-9-6-5-7-10-16/h5-7,9-10,17H,2-4,8,11-15H2,1H3/t17-/m1/s1. The lowest BCUT2D eigenvalue weighted by Gasteiger charge is -2.16. The molecule has 0 heterocycles. The summed E-state index contributed by atoms with van der Waals surface area (Å²) >= 11 is 12.0. The van der Waals surface area contributed by atoms with E-state index >= 15 is 0 Å². The molecule has 0 saturated heterocycles. The minimum atomic E-state index is -3.62. The number of unbranched alkanes of at least 4 members (excludes halogenated alkanes) is 3. The lowest BCUT2D eigenvalue weighted by molar-refractivity contribution is -0.111. The fourth-order valence-electron chi connectivity index (χ4n) is 2.27. The van der Waals surface area contributed by atoms with Gasteiger partial charge in [-0.25, -0.2) is 0 Å². The molecule has 0 aliphatic carbocycles. The smallest absolute Gasteiger partial charge is 0.380 e. The first-order valence-corrected chi connectivity index (χ1v) is 13.2. The van der Waals surface area contributed by atoms with Crippen molar-refractivity contribution in [2.24, 2.45) is 0 Å². The van der Waals surface area contributed by atoms with Crippen molar-refractivity contribution < 1.29 is 18.6 Å². The Kier molecular flexibility index (Phi) is 13.0. The van der Waals surface area contributed by atoms with Crippen molar-refractivity contribution >= 4 is 45.4 Å². The van der Waals surface area contributed by atoms with E-state index < -0.39 is 6.07 Å². The molecule has 0 radical (unpaired) electrons. The quantitative estimate of drug-likeness (QED) is 0.245. The number of halogens is 2. The van der Waals surface area contributed by atoms with Crippen LogP contribution in [-0.2, 0) is 25.0 Å². The average molecular weight is 441 g/mol. The Morgan fingerprint density at radius 2 is 1.88 bits per heavy atom. The highest BCUT2D eigenvalue weighted by Crippen LogP contribution is 2.57. The second-order valence-electron chi connectivity index (χ2n) is 5.94. The molecule has 0 aliphatic rings. The molecule has 0 unspecified atom stereocenters. The van der Waals surface area contributed by atoms with Gasteiger partial charge in [-0.15, -0.1) is 0 Å². The summed E-state index contributed by atoms with van der Waals surface area (Å²) in [6.07, 6.45) is 1.95. The topological polar surface area (TPSA) is 52.6 Å². The first kappa shape index (κ1) is 24.0. The number of hydrogen-bond donors (Lipinski definition) is 0. The molecule has 0 saturated carbocycles. The van der Waals surface area contributed by atoms with E-state index in [0.29, 0.717) is 26.1 Å². The SMILES string of the molecule is CCCCCCOC[C@H](COP(=O)(Cl)Cl)SC(=O)CCc1ccccc1. The van der Waals surface area contributed by atoms with E-state index in [9.17, 15) is 9.36 Å². The van der Waals surface area contributed by atoms with Gasteiger partial charge in [0.1, 0.15) is 0 Å². The predicted molar refractivity (Wildman–Crippen MR) is 111 cm³/mol. The lowest BCUT2D eigenvalue weighted by Crippen LogP contribution is -2.20. The summed E-state index contributed by atoms with van der Waals surface area (Å²) in [4.78, 5) is 12.2. The highest BCUT2D eigenvalue weighted by atomic mass is 35.9. The molecular formula is C18H27Cl2O4PS. The third-order valence-corrected chi connectivity index (χ3v) is 5.72. The van der Waals surface area contributed by atoms with Crippen LogP contribution >= 0.6 is 40.3 Å². The highest BCUT2D eigenvalue weighted by molar-refractivity contribution is 8.14. The van der Waals surface area contributed by atoms with Crippen molar-refractivity contribution in [1.82, 2.24) is 0 Å². The maximum Gasteiger partial charge on any atom is 0.380 e. The van der Waals surface area contributed by atoms with Crippen molar-refractivity contribution in [2.75, 3.05) is 19.8 Å². The van der Waals surface area contributed by atoms with E-state index in [0.717, 1.165) is 30.2 Å². The molecule has 0 aliphatic heterocycles.